The molecule has 0 heterocycles. The van der Waals surface area contributed by atoms with Crippen LogP contribution in [0.1, 0.15) is 56.1 Å². The highest BCUT2D eigenvalue weighted by Gasteiger charge is 2.28. The van der Waals surface area contributed by atoms with E-state index in [9.17, 15) is 0 Å². The van der Waals surface area contributed by atoms with Crippen LogP contribution in [-0.2, 0) is 20.6 Å². The van der Waals surface area contributed by atoms with Gasteiger partial charge >= 0.3 is 0 Å². The molecule has 0 amide bonds. The molecule has 0 saturated carbocycles. The van der Waals surface area contributed by atoms with Gasteiger partial charge in [-0.05, 0) is 41.5 Å². The van der Waals surface area contributed by atoms with Crippen molar-refractivity contribution in [1.29, 1.82) is 0 Å². The van der Waals surface area contributed by atoms with Crippen LogP contribution in [0.25, 0.3) is 17.2 Å². The number of aryl methyl sites for hydroxylation is 1. The Bertz CT molecular complexity index is 691. The summed E-state index contributed by atoms with van der Waals surface area (Å²) in [6.07, 6.45) is 11.0. The molecule has 29 heavy (non-hydrogen) atoms. The lowest BCUT2D eigenvalue weighted by atomic mass is 10.00. The van der Waals surface area contributed by atoms with E-state index < -0.39 is 5.97 Å². The van der Waals surface area contributed by atoms with E-state index in [1.807, 2.05) is 6.08 Å². The molecule has 0 aliphatic rings. The highest BCUT2D eigenvalue weighted by Crippen LogP contribution is 2.23. The summed E-state index contributed by atoms with van der Waals surface area (Å²) in [4.78, 5) is 0. The van der Waals surface area contributed by atoms with Gasteiger partial charge in [0.25, 0.3) is 5.97 Å². The van der Waals surface area contributed by atoms with Gasteiger partial charge in [-0.2, -0.15) is 0 Å². The molecule has 2 aromatic carbocycles. The van der Waals surface area contributed by atoms with Crippen molar-refractivity contribution in [3.63, 3.8) is 0 Å². The summed E-state index contributed by atoms with van der Waals surface area (Å²) >= 11 is 0. The summed E-state index contributed by atoms with van der Waals surface area (Å²) in [6, 6.07) is 17.5. The van der Waals surface area contributed by atoms with E-state index in [4.69, 9.17) is 14.2 Å². The van der Waals surface area contributed by atoms with E-state index >= 15 is 0 Å². The molecule has 0 spiro atoms. The number of methoxy groups -OCH3 is 3. The number of benzene rings is 2. The lowest BCUT2D eigenvalue weighted by molar-refractivity contribution is -0.355. The lowest BCUT2D eigenvalue weighted by Gasteiger charge is -2.28. The van der Waals surface area contributed by atoms with E-state index in [0.29, 0.717) is 0 Å². The highest BCUT2D eigenvalue weighted by molar-refractivity contribution is 5.65. The number of hydrogen-bond donors (Lipinski definition) is 0. The Hall–Kier alpha value is -1.94. The fourth-order valence-corrected chi connectivity index (χ4v) is 3.61. The molecule has 0 aliphatic heterocycles. The predicted molar refractivity (Wildman–Crippen MR) is 122 cm³/mol. The van der Waals surface area contributed by atoms with E-state index in [2.05, 4.69) is 55.1 Å². The van der Waals surface area contributed by atoms with Crippen molar-refractivity contribution >= 4 is 6.08 Å². The normalized spacial score (nSPS) is 11.6. The Labute approximate surface area is 176 Å². The maximum absolute atomic E-state index is 5.33. The Morgan fingerprint density at radius 3 is 1.69 bits per heavy atom. The Balaban J connectivity index is 1.62. The number of ether oxygens (including phenoxy) is 3. The molecule has 0 aromatic heterocycles. The van der Waals surface area contributed by atoms with Gasteiger partial charge in [0, 0.05) is 27.8 Å². The molecule has 0 N–H and O–H groups in total. The zero-order valence-electron chi connectivity index (χ0n) is 18.3. The van der Waals surface area contributed by atoms with Gasteiger partial charge < -0.3 is 14.2 Å². The zero-order valence-corrected chi connectivity index (χ0v) is 18.3. The van der Waals surface area contributed by atoms with Crippen LogP contribution in [0, 0.1) is 0 Å². The van der Waals surface area contributed by atoms with Crippen LogP contribution in [0.5, 0.6) is 0 Å². The molecule has 0 fully saturated rings. The summed E-state index contributed by atoms with van der Waals surface area (Å²) in [5, 5.41) is 0. The molecule has 0 unspecified atom stereocenters. The van der Waals surface area contributed by atoms with E-state index in [-0.39, 0.29) is 0 Å². The second-order valence-corrected chi connectivity index (χ2v) is 7.44. The number of hydrogen-bond acceptors (Lipinski definition) is 3. The van der Waals surface area contributed by atoms with Crippen LogP contribution in [0.2, 0.25) is 0 Å². The molecule has 0 saturated heterocycles. The standard InChI is InChI=1S/C26H36O3/c1-5-22-13-17-24(18-14-22)25-19-15-23(16-20-25)12-10-8-6-7-9-11-21-26(27-2,28-3)29-4/h5,13-20H,1,6-12,21H2,2-4H3. The van der Waals surface area contributed by atoms with Crippen LogP contribution in [0.4, 0.5) is 0 Å². The molecule has 3 heteroatoms. The van der Waals surface area contributed by atoms with Gasteiger partial charge in [0.15, 0.2) is 0 Å². The Morgan fingerprint density at radius 1 is 0.690 bits per heavy atom. The first kappa shape index (κ1) is 23.3. The molecular weight excluding hydrogens is 360 g/mol. The zero-order chi connectivity index (χ0) is 21.0. The number of rotatable bonds is 14. The van der Waals surface area contributed by atoms with Crippen LogP contribution in [0.3, 0.4) is 0 Å². The smallest absolute Gasteiger partial charge is 0.282 e. The van der Waals surface area contributed by atoms with Gasteiger partial charge in [-0.1, -0.05) is 86.9 Å². The largest absolute Gasteiger partial charge is 0.331 e. The molecule has 0 bridgehead atoms. The van der Waals surface area contributed by atoms with Crippen LogP contribution in [-0.4, -0.2) is 27.3 Å². The van der Waals surface area contributed by atoms with E-state index in [1.54, 1.807) is 21.3 Å². The quantitative estimate of drug-likeness (QED) is 0.258. The molecule has 0 aliphatic carbocycles. The summed E-state index contributed by atoms with van der Waals surface area (Å²) in [7, 11) is 4.87. The van der Waals surface area contributed by atoms with Gasteiger partial charge in [-0.15, -0.1) is 0 Å². The predicted octanol–water partition coefficient (Wildman–Crippen LogP) is 6.86. The lowest BCUT2D eigenvalue weighted by Crippen LogP contribution is -2.35. The summed E-state index contributed by atoms with van der Waals surface area (Å²) in [6.45, 7) is 3.81. The van der Waals surface area contributed by atoms with Crippen LogP contribution < -0.4 is 0 Å². The second-order valence-electron chi connectivity index (χ2n) is 7.44. The van der Waals surface area contributed by atoms with Gasteiger partial charge in [0.05, 0.1) is 0 Å². The SMILES string of the molecule is C=Cc1ccc(-c2ccc(CCCCCCCCC(OC)(OC)OC)cc2)cc1. The fourth-order valence-electron chi connectivity index (χ4n) is 3.61. The number of unbranched alkanes of at least 4 members (excludes halogenated alkanes) is 5. The average molecular weight is 397 g/mol. The minimum atomic E-state index is -0.875. The van der Waals surface area contributed by atoms with E-state index in [1.165, 1.54) is 48.8 Å². The first-order chi connectivity index (χ1) is 14.2. The molecule has 3 nitrogen and oxygen atoms in total. The third-order valence-electron chi connectivity index (χ3n) is 5.57. The molecule has 2 rings (SSSR count). The molecule has 158 valence electrons. The topological polar surface area (TPSA) is 27.7 Å². The Kier molecular flexibility index (Phi) is 10.1. The van der Waals surface area contributed by atoms with Crippen molar-refractivity contribution in [3.05, 3.63) is 66.2 Å². The summed E-state index contributed by atoms with van der Waals surface area (Å²) in [5.74, 6) is -0.875. The average Bonchev–Trinajstić information content (AvgIpc) is 2.79. The van der Waals surface area contributed by atoms with Gasteiger partial charge in [-0.3, -0.25) is 0 Å². The summed E-state index contributed by atoms with van der Waals surface area (Å²) in [5.41, 5.74) is 5.09. The van der Waals surface area contributed by atoms with Crippen molar-refractivity contribution in [2.24, 2.45) is 0 Å². The van der Waals surface area contributed by atoms with Crippen LogP contribution in [0.15, 0.2) is 55.1 Å². The first-order valence-corrected chi connectivity index (χ1v) is 10.6. The minimum absolute atomic E-state index is 0.763. The maximum atomic E-state index is 5.33. The maximum Gasteiger partial charge on any atom is 0.282 e. The molecule has 0 radical (unpaired) electrons. The van der Waals surface area contributed by atoms with Crippen molar-refractivity contribution in [3.8, 4) is 11.1 Å². The molecule has 0 atom stereocenters. The minimum Gasteiger partial charge on any atom is -0.331 e. The first-order valence-electron chi connectivity index (χ1n) is 10.6. The van der Waals surface area contributed by atoms with Gasteiger partial charge in [0.1, 0.15) is 0 Å². The molecular formula is C26H36O3. The van der Waals surface area contributed by atoms with Gasteiger partial charge in [0.2, 0.25) is 0 Å². The van der Waals surface area contributed by atoms with Crippen molar-refractivity contribution in [2.45, 2.75) is 57.3 Å². The van der Waals surface area contributed by atoms with Crippen molar-refractivity contribution < 1.29 is 14.2 Å². The summed E-state index contributed by atoms with van der Waals surface area (Å²) < 4.78 is 16.0. The third kappa shape index (κ3) is 7.43. The molecule has 2 aromatic rings. The Morgan fingerprint density at radius 2 is 1.17 bits per heavy atom. The monoisotopic (exact) mass is 396 g/mol. The van der Waals surface area contributed by atoms with Gasteiger partial charge in [-0.25, -0.2) is 0 Å². The van der Waals surface area contributed by atoms with Crippen molar-refractivity contribution in [1.82, 2.24) is 0 Å². The van der Waals surface area contributed by atoms with E-state index in [0.717, 1.165) is 24.8 Å². The van der Waals surface area contributed by atoms with Crippen molar-refractivity contribution in [2.75, 3.05) is 21.3 Å². The second kappa shape index (κ2) is 12.6. The highest BCUT2D eigenvalue weighted by atomic mass is 16.9. The third-order valence-corrected chi connectivity index (χ3v) is 5.57. The van der Waals surface area contributed by atoms with Crippen LogP contribution >= 0.6 is 0 Å². The fraction of sp³-hybridized carbons (Fsp3) is 0.462.